The minimum absolute atomic E-state index is 0. The normalized spacial score (nSPS) is 6.95. The second-order valence-electron chi connectivity index (χ2n) is 3.78. The molecule has 2 aromatic rings. The summed E-state index contributed by atoms with van der Waals surface area (Å²) in [4.78, 5) is 0. The summed E-state index contributed by atoms with van der Waals surface area (Å²) < 4.78 is 0. The molecule has 2 aromatic carbocycles. The summed E-state index contributed by atoms with van der Waals surface area (Å²) in [7, 11) is 0. The summed E-state index contributed by atoms with van der Waals surface area (Å²) in [5, 5.41) is 0. The van der Waals surface area contributed by atoms with Gasteiger partial charge < -0.3 is 49.6 Å². The molecule has 0 heterocycles. The average Bonchev–Trinajstić information content (AvgIpc) is 2.67. The van der Waals surface area contributed by atoms with Crippen LogP contribution in [0.25, 0.3) is 0 Å². The topological polar surface area (TPSA) is 0 Å². The third-order valence-corrected chi connectivity index (χ3v) is 2.63. The Bertz CT molecular complexity index is 322. The molecule has 0 nitrogen and oxygen atoms in total. The Kier molecular flexibility index (Phi) is 28.2. The summed E-state index contributed by atoms with van der Waals surface area (Å²) in [6, 6.07) is 12.6. The van der Waals surface area contributed by atoms with Crippen molar-refractivity contribution in [3.05, 3.63) is 58.7 Å². The van der Waals surface area contributed by atoms with Gasteiger partial charge in [0.05, 0.1) is 0 Å². The van der Waals surface area contributed by atoms with Crippen molar-refractivity contribution in [1.82, 2.24) is 0 Å². The van der Waals surface area contributed by atoms with Gasteiger partial charge in [0.25, 0.3) is 0 Å². The van der Waals surface area contributed by atoms with E-state index in [1.807, 2.05) is 0 Å². The molecule has 108 valence electrons. The van der Waals surface area contributed by atoms with Crippen LogP contribution in [0.15, 0.2) is 36.4 Å². The first-order chi connectivity index (χ1) is 6.61. The van der Waals surface area contributed by atoms with E-state index in [-0.39, 0.29) is 75.8 Å². The fourth-order valence-corrected chi connectivity index (χ4v) is 1.20. The smallest absolute Gasteiger partial charge is 1.00 e. The third-order valence-electron chi connectivity index (χ3n) is 2.63. The fraction of sp³-hybridized carbons (Fsp3) is 0.286. The minimum Gasteiger partial charge on any atom is -1.00 e. The Balaban J connectivity index is -0.0000000544. The van der Waals surface area contributed by atoms with Crippen LogP contribution in [0.4, 0.5) is 0 Å². The van der Waals surface area contributed by atoms with E-state index >= 15 is 0 Å². The van der Waals surface area contributed by atoms with E-state index in [2.05, 4.69) is 64.1 Å². The van der Waals surface area contributed by atoms with E-state index in [0.29, 0.717) is 0 Å². The van der Waals surface area contributed by atoms with Crippen LogP contribution in [-0.4, -0.2) is 0 Å². The molecule has 0 aliphatic rings. The van der Waals surface area contributed by atoms with Crippen LogP contribution in [0.3, 0.4) is 0 Å². The first-order valence-corrected chi connectivity index (χ1v) is 4.99. The first-order valence-electron chi connectivity index (χ1n) is 4.99. The largest absolute Gasteiger partial charge is 4.00 e. The third kappa shape index (κ3) is 12.2. The maximum Gasteiger partial charge on any atom is 4.00 e. The number of hydrogen-bond acceptors (Lipinski definition) is 0. The van der Waals surface area contributed by atoms with E-state index in [1.165, 1.54) is 22.3 Å². The van der Waals surface area contributed by atoms with E-state index in [9.17, 15) is 0 Å². The molecule has 5 heteroatoms. The fourth-order valence-electron chi connectivity index (χ4n) is 1.20. The van der Waals surface area contributed by atoms with E-state index in [0.717, 1.165) is 0 Å². The second kappa shape index (κ2) is 16.8. The van der Waals surface area contributed by atoms with Crippen LogP contribution in [0.1, 0.15) is 22.3 Å². The molecule has 0 unspecified atom stereocenters. The summed E-state index contributed by atoms with van der Waals surface area (Å²) in [6.45, 7) is 8.48. The Morgan fingerprint density at radius 3 is 1.00 bits per heavy atom. The van der Waals surface area contributed by atoms with Crippen molar-refractivity contribution in [2.24, 2.45) is 0 Å². The zero-order valence-corrected chi connectivity index (χ0v) is 17.0. The number of aryl methyl sites for hydroxylation is 4. The number of hydrogen-bond donors (Lipinski definition) is 0. The Morgan fingerprint density at radius 1 is 0.684 bits per heavy atom. The average molecular weight is 419 g/mol. The molecule has 0 aliphatic carbocycles. The predicted octanol–water partition coefficient (Wildman–Crippen LogP) is -7.94. The van der Waals surface area contributed by atoms with Crippen molar-refractivity contribution in [2.75, 3.05) is 0 Å². The SMILES string of the molecule is Cc1ccc[c-]1C.Cc1ccc[c-]1C.[Cl-].[Cl-].[Cl-].[Cl-].[Zr+4]. The van der Waals surface area contributed by atoms with E-state index in [4.69, 9.17) is 0 Å². The molecule has 0 spiro atoms. The molecule has 0 aliphatic heterocycles. The van der Waals surface area contributed by atoms with Gasteiger partial charge in [-0.1, -0.05) is 27.7 Å². The summed E-state index contributed by atoms with van der Waals surface area (Å²) >= 11 is 0. The predicted molar refractivity (Wildman–Crippen MR) is 63.0 cm³/mol. The molecule has 19 heavy (non-hydrogen) atoms. The van der Waals surface area contributed by atoms with Crippen molar-refractivity contribution in [3.63, 3.8) is 0 Å². The van der Waals surface area contributed by atoms with Crippen LogP contribution in [0, 0.1) is 27.7 Å². The van der Waals surface area contributed by atoms with Crippen molar-refractivity contribution < 1.29 is 75.8 Å². The van der Waals surface area contributed by atoms with Crippen LogP contribution < -0.4 is 49.6 Å². The molecule has 0 bridgehead atoms. The summed E-state index contributed by atoms with van der Waals surface area (Å²) in [5.41, 5.74) is 5.56. The van der Waals surface area contributed by atoms with Crippen molar-refractivity contribution in [3.8, 4) is 0 Å². The summed E-state index contributed by atoms with van der Waals surface area (Å²) in [6.07, 6.45) is 0. The molecule has 0 aromatic heterocycles. The Hall–Kier alpha value is 0.743. The monoisotopic (exact) mass is 416 g/mol. The maximum absolute atomic E-state index is 2.12. The second-order valence-corrected chi connectivity index (χ2v) is 3.78. The molecule has 0 saturated heterocycles. The summed E-state index contributed by atoms with van der Waals surface area (Å²) in [5.74, 6) is 0. The van der Waals surface area contributed by atoms with Crippen molar-refractivity contribution in [2.45, 2.75) is 27.7 Å². The number of rotatable bonds is 0. The van der Waals surface area contributed by atoms with Gasteiger partial charge in [0.15, 0.2) is 0 Å². The van der Waals surface area contributed by atoms with Gasteiger partial charge >= 0.3 is 26.2 Å². The Labute approximate surface area is 161 Å². The van der Waals surface area contributed by atoms with Gasteiger partial charge in [-0.15, -0.1) is 0 Å². The van der Waals surface area contributed by atoms with Crippen LogP contribution >= 0.6 is 0 Å². The Morgan fingerprint density at radius 2 is 0.947 bits per heavy atom. The zero-order valence-electron chi connectivity index (χ0n) is 11.5. The molecule has 0 amide bonds. The van der Waals surface area contributed by atoms with Crippen molar-refractivity contribution in [1.29, 1.82) is 0 Å². The molecule has 2 rings (SSSR count). The van der Waals surface area contributed by atoms with Crippen LogP contribution in [-0.2, 0) is 26.2 Å². The van der Waals surface area contributed by atoms with Gasteiger partial charge in [-0.2, -0.15) is 34.4 Å². The molecular formula is C14H18Cl4Zr-2. The molecule has 0 N–H and O–H groups in total. The standard InChI is InChI=1S/2C7H9.4ClH.Zr/c2*1-6-4-3-5-7(6)2;;;;;/h2*3-5H,1-2H3;4*1H;/q2*-1;;;;;+4/p-4. The molecule has 0 radical (unpaired) electrons. The van der Waals surface area contributed by atoms with Gasteiger partial charge in [-0.05, 0) is 0 Å². The first kappa shape index (κ1) is 31.9. The van der Waals surface area contributed by atoms with Gasteiger partial charge in [-0.3, -0.25) is 0 Å². The minimum atomic E-state index is 0. The van der Waals surface area contributed by atoms with E-state index in [1.54, 1.807) is 0 Å². The van der Waals surface area contributed by atoms with Crippen LogP contribution in [0.5, 0.6) is 0 Å². The van der Waals surface area contributed by atoms with Crippen LogP contribution in [0.2, 0.25) is 0 Å². The van der Waals surface area contributed by atoms with Gasteiger partial charge in [0, 0.05) is 0 Å². The maximum atomic E-state index is 2.12. The van der Waals surface area contributed by atoms with E-state index < -0.39 is 0 Å². The quantitative estimate of drug-likeness (QED) is 0.373. The molecule has 0 atom stereocenters. The number of halogens is 4. The van der Waals surface area contributed by atoms with Gasteiger partial charge in [-0.25, -0.2) is 24.3 Å². The van der Waals surface area contributed by atoms with Gasteiger partial charge in [0.2, 0.25) is 0 Å². The van der Waals surface area contributed by atoms with Gasteiger partial charge in [0.1, 0.15) is 0 Å². The molecule has 0 saturated carbocycles. The molecule has 0 fully saturated rings. The van der Waals surface area contributed by atoms with Crippen molar-refractivity contribution >= 4 is 0 Å². The zero-order chi connectivity index (χ0) is 10.6. The molecular weight excluding hydrogens is 401 g/mol.